The number of benzene rings is 1. The Hall–Kier alpha value is -3.79. The Bertz CT molecular complexity index is 1540. The summed E-state index contributed by atoms with van der Waals surface area (Å²) < 4.78 is 15.8. The quantitative estimate of drug-likeness (QED) is 0.412. The third-order valence-corrected chi connectivity index (χ3v) is 7.14. The van der Waals surface area contributed by atoms with E-state index in [1.165, 1.54) is 18.3 Å². The zero-order chi connectivity index (χ0) is 27.4. The largest absolute Gasteiger partial charge is 0.333 e. The molecule has 0 spiro atoms. The highest BCUT2D eigenvalue weighted by atomic mass is 35.5. The molecule has 1 aliphatic heterocycles. The SMILES string of the molecule is CC(C)(C)c1cc(-c2ccc(Cl)c(F)c2)nn2cc(C(=O)N3CCN(C(=O)c4ccn[nH]4)CC3(C)C)nc12. The van der Waals surface area contributed by atoms with Gasteiger partial charge in [0.1, 0.15) is 17.2 Å². The van der Waals surface area contributed by atoms with Gasteiger partial charge in [-0.2, -0.15) is 10.2 Å². The van der Waals surface area contributed by atoms with E-state index in [-0.39, 0.29) is 27.9 Å². The van der Waals surface area contributed by atoms with E-state index in [0.717, 1.165) is 5.56 Å². The molecule has 1 N–H and O–H groups in total. The van der Waals surface area contributed by atoms with Crippen molar-refractivity contribution < 1.29 is 14.0 Å². The number of H-pyrrole nitrogens is 1. The molecule has 0 saturated carbocycles. The summed E-state index contributed by atoms with van der Waals surface area (Å²) >= 11 is 5.88. The van der Waals surface area contributed by atoms with Gasteiger partial charge in [-0.25, -0.2) is 13.9 Å². The minimum atomic E-state index is -0.632. The normalized spacial score (nSPS) is 15.8. The van der Waals surface area contributed by atoms with Crippen molar-refractivity contribution in [3.63, 3.8) is 0 Å². The number of fused-ring (bicyclic) bond motifs is 1. The standard InChI is InChI=1S/C27H29ClFN7O2/c1-26(2,3)17-13-21(16-6-7-18(28)19(29)12-16)33-36-14-22(31-23(17)36)25(38)35-11-10-34(15-27(35,4)5)24(37)20-8-9-30-32-20/h6-9,12-14H,10-11,15H2,1-5H3,(H,30,32). The maximum atomic E-state index is 14.2. The summed E-state index contributed by atoms with van der Waals surface area (Å²) in [6.45, 7) is 11.1. The number of piperazine rings is 1. The van der Waals surface area contributed by atoms with Crippen LogP contribution in [0, 0.1) is 5.82 Å². The topological polar surface area (TPSA) is 99.5 Å². The van der Waals surface area contributed by atoms with E-state index in [0.29, 0.717) is 42.2 Å². The molecule has 4 heterocycles. The molecular weight excluding hydrogens is 509 g/mol. The number of hydrogen-bond acceptors (Lipinski definition) is 5. The number of rotatable bonds is 3. The van der Waals surface area contributed by atoms with Crippen LogP contribution < -0.4 is 0 Å². The Morgan fingerprint density at radius 2 is 1.87 bits per heavy atom. The van der Waals surface area contributed by atoms with E-state index < -0.39 is 11.4 Å². The number of halogens is 2. The van der Waals surface area contributed by atoms with Crippen molar-refractivity contribution in [2.45, 2.75) is 45.6 Å². The van der Waals surface area contributed by atoms with E-state index in [2.05, 4.69) is 15.3 Å². The van der Waals surface area contributed by atoms with Crippen LogP contribution >= 0.6 is 11.6 Å². The number of aromatic amines is 1. The number of carbonyl (C=O) groups is 2. The first-order valence-electron chi connectivity index (χ1n) is 12.3. The summed E-state index contributed by atoms with van der Waals surface area (Å²) in [5, 5.41) is 11.3. The Labute approximate surface area is 224 Å². The zero-order valence-electron chi connectivity index (χ0n) is 21.9. The summed E-state index contributed by atoms with van der Waals surface area (Å²) in [4.78, 5) is 34.7. The number of nitrogens with zero attached hydrogens (tertiary/aromatic N) is 6. The van der Waals surface area contributed by atoms with Crippen molar-refractivity contribution in [1.82, 2.24) is 34.6 Å². The molecule has 1 fully saturated rings. The van der Waals surface area contributed by atoms with E-state index >= 15 is 0 Å². The number of hydrogen-bond donors (Lipinski definition) is 1. The lowest BCUT2D eigenvalue weighted by Gasteiger charge is -2.46. The lowest BCUT2D eigenvalue weighted by molar-refractivity contribution is 0.0163. The molecule has 0 bridgehead atoms. The van der Waals surface area contributed by atoms with Crippen LogP contribution in [-0.2, 0) is 5.41 Å². The predicted molar refractivity (Wildman–Crippen MR) is 142 cm³/mol. The molecule has 38 heavy (non-hydrogen) atoms. The third-order valence-electron chi connectivity index (χ3n) is 6.83. The summed E-state index contributed by atoms with van der Waals surface area (Å²) in [5.41, 5.74) is 2.25. The number of imidazole rings is 1. The van der Waals surface area contributed by atoms with Crippen LogP contribution in [0.15, 0.2) is 42.7 Å². The summed E-state index contributed by atoms with van der Waals surface area (Å²) in [6, 6.07) is 8.07. The minimum absolute atomic E-state index is 0.0374. The van der Waals surface area contributed by atoms with E-state index in [1.54, 1.807) is 32.6 Å². The summed E-state index contributed by atoms with van der Waals surface area (Å²) in [6.07, 6.45) is 3.15. The second-order valence-electron chi connectivity index (χ2n) is 11.2. The second kappa shape index (κ2) is 9.20. The van der Waals surface area contributed by atoms with Crippen molar-refractivity contribution in [2.24, 2.45) is 0 Å². The van der Waals surface area contributed by atoms with Crippen molar-refractivity contribution in [1.29, 1.82) is 0 Å². The fourth-order valence-electron chi connectivity index (χ4n) is 4.82. The molecule has 1 aromatic carbocycles. The van der Waals surface area contributed by atoms with E-state index in [4.69, 9.17) is 16.6 Å². The van der Waals surface area contributed by atoms with Crippen molar-refractivity contribution in [3.05, 3.63) is 70.5 Å². The molecule has 4 aromatic rings. The first kappa shape index (κ1) is 25.8. The lowest BCUT2D eigenvalue weighted by atomic mass is 9.87. The highest BCUT2D eigenvalue weighted by Gasteiger charge is 2.40. The predicted octanol–water partition coefficient (Wildman–Crippen LogP) is 4.59. The molecule has 5 rings (SSSR count). The summed E-state index contributed by atoms with van der Waals surface area (Å²) in [7, 11) is 0. The van der Waals surface area contributed by atoms with Crippen LogP contribution in [0.2, 0.25) is 5.02 Å². The van der Waals surface area contributed by atoms with Gasteiger partial charge in [0, 0.05) is 37.0 Å². The molecule has 1 saturated heterocycles. The Morgan fingerprint density at radius 3 is 2.50 bits per heavy atom. The zero-order valence-corrected chi connectivity index (χ0v) is 22.7. The van der Waals surface area contributed by atoms with Crippen LogP contribution in [0.3, 0.4) is 0 Å². The molecule has 0 atom stereocenters. The molecular formula is C27H29ClFN7O2. The van der Waals surface area contributed by atoms with Gasteiger partial charge in [-0.3, -0.25) is 14.7 Å². The van der Waals surface area contributed by atoms with Gasteiger partial charge in [0.25, 0.3) is 11.8 Å². The highest BCUT2D eigenvalue weighted by molar-refractivity contribution is 6.30. The van der Waals surface area contributed by atoms with Gasteiger partial charge in [-0.15, -0.1) is 0 Å². The molecule has 0 aliphatic carbocycles. The second-order valence-corrected chi connectivity index (χ2v) is 11.6. The third kappa shape index (κ3) is 4.64. The Morgan fingerprint density at radius 1 is 1.11 bits per heavy atom. The Kier molecular flexibility index (Phi) is 6.25. The van der Waals surface area contributed by atoms with Gasteiger partial charge in [0.15, 0.2) is 5.65 Å². The number of carbonyl (C=O) groups excluding carboxylic acids is 2. The van der Waals surface area contributed by atoms with E-state index in [9.17, 15) is 14.0 Å². The monoisotopic (exact) mass is 537 g/mol. The van der Waals surface area contributed by atoms with Gasteiger partial charge in [0.2, 0.25) is 0 Å². The molecule has 9 nitrogen and oxygen atoms in total. The average Bonchev–Trinajstić information content (AvgIpc) is 3.53. The van der Waals surface area contributed by atoms with Crippen LogP contribution in [0.4, 0.5) is 4.39 Å². The van der Waals surface area contributed by atoms with Crippen molar-refractivity contribution >= 4 is 29.1 Å². The Balaban J connectivity index is 1.48. The molecule has 0 unspecified atom stereocenters. The van der Waals surface area contributed by atoms with Gasteiger partial charge in [0.05, 0.1) is 22.5 Å². The molecule has 11 heteroatoms. The molecule has 2 amide bonds. The lowest BCUT2D eigenvalue weighted by Crippen LogP contribution is -2.62. The molecule has 0 radical (unpaired) electrons. The number of amides is 2. The first-order valence-corrected chi connectivity index (χ1v) is 12.7. The van der Waals surface area contributed by atoms with Crippen LogP contribution in [0.25, 0.3) is 16.9 Å². The first-order chi connectivity index (χ1) is 17.8. The van der Waals surface area contributed by atoms with Crippen molar-refractivity contribution in [3.8, 4) is 11.3 Å². The molecule has 3 aromatic heterocycles. The minimum Gasteiger partial charge on any atom is -0.333 e. The molecule has 1 aliphatic rings. The summed E-state index contributed by atoms with van der Waals surface area (Å²) in [5.74, 6) is -0.925. The van der Waals surface area contributed by atoms with Crippen LogP contribution in [0.5, 0.6) is 0 Å². The maximum Gasteiger partial charge on any atom is 0.274 e. The maximum absolute atomic E-state index is 14.2. The highest BCUT2D eigenvalue weighted by Crippen LogP contribution is 2.32. The van der Waals surface area contributed by atoms with Crippen LogP contribution in [0.1, 0.15) is 61.2 Å². The smallest absolute Gasteiger partial charge is 0.274 e. The van der Waals surface area contributed by atoms with E-state index in [1.807, 2.05) is 40.7 Å². The molecule has 198 valence electrons. The van der Waals surface area contributed by atoms with Gasteiger partial charge >= 0.3 is 0 Å². The van der Waals surface area contributed by atoms with Gasteiger partial charge in [-0.05, 0) is 43.5 Å². The van der Waals surface area contributed by atoms with Gasteiger partial charge in [-0.1, -0.05) is 38.4 Å². The van der Waals surface area contributed by atoms with Gasteiger partial charge < -0.3 is 9.80 Å². The van der Waals surface area contributed by atoms with Crippen LogP contribution in [-0.4, -0.2) is 71.6 Å². The average molecular weight is 538 g/mol. The number of aromatic nitrogens is 5. The number of nitrogens with one attached hydrogen (secondary N) is 1. The van der Waals surface area contributed by atoms with Crippen molar-refractivity contribution in [2.75, 3.05) is 19.6 Å². The fraction of sp³-hybridized carbons (Fsp3) is 0.370. The fourth-order valence-corrected chi connectivity index (χ4v) is 4.93.